The van der Waals surface area contributed by atoms with Crippen LogP contribution in [0.1, 0.15) is 23.6 Å². The van der Waals surface area contributed by atoms with Crippen molar-refractivity contribution in [3.05, 3.63) is 81.2 Å². The van der Waals surface area contributed by atoms with Gasteiger partial charge in [-0.2, -0.15) is 5.10 Å². The summed E-state index contributed by atoms with van der Waals surface area (Å²) in [5.74, 6) is 0. The Kier molecular flexibility index (Phi) is 3.39. The van der Waals surface area contributed by atoms with Crippen molar-refractivity contribution in [3.8, 4) is 0 Å². The summed E-state index contributed by atoms with van der Waals surface area (Å²) in [5, 5.41) is 5.89. The molecule has 0 saturated carbocycles. The highest BCUT2D eigenvalue weighted by molar-refractivity contribution is 6.31. The molecule has 0 fully saturated rings. The molecule has 2 heterocycles. The lowest BCUT2D eigenvalue weighted by Gasteiger charge is -2.11. The number of hydrogen-bond acceptors (Lipinski definition) is 4. The highest BCUT2D eigenvalue weighted by atomic mass is 35.5. The molecule has 0 bridgehead atoms. The zero-order valence-electron chi connectivity index (χ0n) is 12.1. The van der Waals surface area contributed by atoms with Gasteiger partial charge in [-0.25, -0.2) is 4.79 Å². The van der Waals surface area contributed by atoms with Crippen molar-refractivity contribution in [2.75, 3.05) is 0 Å². The number of nitrogens with one attached hydrogen (secondary N) is 1. The molecule has 0 radical (unpaired) electrons. The first-order valence-electron chi connectivity index (χ1n) is 7.32. The summed E-state index contributed by atoms with van der Waals surface area (Å²) in [6, 6.07) is 16.9. The van der Waals surface area contributed by atoms with E-state index in [1.54, 1.807) is 6.07 Å². The molecule has 114 valence electrons. The molecule has 1 aromatic heterocycles. The third kappa shape index (κ3) is 2.51. The summed E-state index contributed by atoms with van der Waals surface area (Å²) in [6.45, 7) is 0. The molecule has 0 aliphatic carbocycles. The number of hydrogen-bond donors (Lipinski definition) is 1. The molecular formula is C18H13ClN2O2. The maximum Gasteiger partial charge on any atom is 0.345 e. The van der Waals surface area contributed by atoms with Gasteiger partial charge in [-0.05, 0) is 23.8 Å². The van der Waals surface area contributed by atoms with Crippen LogP contribution in [0.5, 0.6) is 0 Å². The van der Waals surface area contributed by atoms with Gasteiger partial charge in [0.25, 0.3) is 0 Å². The molecule has 1 aliphatic rings. The Morgan fingerprint density at radius 1 is 1.13 bits per heavy atom. The van der Waals surface area contributed by atoms with Crippen molar-refractivity contribution in [2.24, 2.45) is 5.10 Å². The Hall–Kier alpha value is -2.59. The zero-order chi connectivity index (χ0) is 15.8. The lowest BCUT2D eigenvalue weighted by atomic mass is 9.99. The molecule has 1 atom stereocenters. The lowest BCUT2D eigenvalue weighted by Crippen LogP contribution is -2.14. The van der Waals surface area contributed by atoms with Gasteiger partial charge in [-0.1, -0.05) is 48.0 Å². The van der Waals surface area contributed by atoms with E-state index >= 15 is 0 Å². The van der Waals surface area contributed by atoms with Crippen LogP contribution >= 0.6 is 11.6 Å². The summed E-state index contributed by atoms with van der Waals surface area (Å²) in [7, 11) is 0. The van der Waals surface area contributed by atoms with E-state index in [0.717, 1.165) is 10.9 Å². The number of rotatable bonds is 2. The van der Waals surface area contributed by atoms with E-state index < -0.39 is 0 Å². The van der Waals surface area contributed by atoms with Gasteiger partial charge < -0.3 is 9.84 Å². The monoisotopic (exact) mass is 324 g/mol. The predicted octanol–water partition coefficient (Wildman–Crippen LogP) is 3.89. The number of hydrazone groups is 1. The molecule has 3 aromatic rings. The largest absolute Gasteiger partial charge is 0.422 e. The Morgan fingerprint density at radius 3 is 2.78 bits per heavy atom. The first-order valence-corrected chi connectivity index (χ1v) is 7.70. The molecule has 4 rings (SSSR count). The number of halogens is 1. The first kappa shape index (κ1) is 14.0. The normalized spacial score (nSPS) is 17.1. The fraction of sp³-hybridized carbons (Fsp3) is 0.111. The van der Waals surface area contributed by atoms with Crippen molar-refractivity contribution in [2.45, 2.75) is 12.5 Å². The van der Waals surface area contributed by atoms with Crippen LogP contribution in [0.25, 0.3) is 11.0 Å². The quantitative estimate of drug-likeness (QED) is 0.728. The van der Waals surface area contributed by atoms with Crippen molar-refractivity contribution in [1.82, 2.24) is 5.43 Å². The molecule has 0 amide bonds. The standard InChI is InChI=1S/C18H13ClN2O2/c19-14-7-3-2-6-12(14)15-10-16(21-20-15)13-9-11-5-1-4-8-17(11)23-18(13)22/h1-9,15,20H,10H2/t15-/m0/s1. The van der Waals surface area contributed by atoms with Crippen LogP contribution < -0.4 is 11.1 Å². The van der Waals surface area contributed by atoms with Crippen LogP contribution in [-0.4, -0.2) is 5.71 Å². The molecule has 2 aromatic carbocycles. The Labute approximate surface area is 137 Å². The fourth-order valence-corrected chi connectivity index (χ4v) is 3.08. The summed E-state index contributed by atoms with van der Waals surface area (Å²) >= 11 is 6.24. The minimum absolute atomic E-state index is 0.0374. The van der Waals surface area contributed by atoms with Gasteiger partial charge in [0.2, 0.25) is 0 Å². The van der Waals surface area contributed by atoms with Crippen molar-refractivity contribution >= 4 is 28.3 Å². The van der Waals surface area contributed by atoms with Gasteiger partial charge >= 0.3 is 5.63 Å². The van der Waals surface area contributed by atoms with E-state index in [0.29, 0.717) is 28.3 Å². The molecule has 5 heteroatoms. The smallest absolute Gasteiger partial charge is 0.345 e. The second-order valence-electron chi connectivity index (χ2n) is 5.45. The Bertz CT molecular complexity index is 978. The van der Waals surface area contributed by atoms with Crippen LogP contribution in [0.2, 0.25) is 5.02 Å². The van der Waals surface area contributed by atoms with E-state index in [4.69, 9.17) is 16.0 Å². The van der Waals surface area contributed by atoms with Crippen LogP contribution in [0.15, 0.2) is 68.9 Å². The highest BCUT2D eigenvalue weighted by Crippen LogP contribution is 2.29. The predicted molar refractivity (Wildman–Crippen MR) is 91.0 cm³/mol. The van der Waals surface area contributed by atoms with Crippen LogP contribution in [-0.2, 0) is 0 Å². The lowest BCUT2D eigenvalue weighted by molar-refractivity contribution is 0.559. The van der Waals surface area contributed by atoms with Gasteiger partial charge in [-0.3, -0.25) is 0 Å². The molecule has 1 N–H and O–H groups in total. The molecule has 0 saturated heterocycles. The fourth-order valence-electron chi connectivity index (χ4n) is 2.81. The van der Waals surface area contributed by atoms with Crippen molar-refractivity contribution in [3.63, 3.8) is 0 Å². The summed E-state index contributed by atoms with van der Waals surface area (Å²) in [4.78, 5) is 12.2. The number of fused-ring (bicyclic) bond motifs is 1. The van der Waals surface area contributed by atoms with Crippen molar-refractivity contribution in [1.29, 1.82) is 0 Å². The van der Waals surface area contributed by atoms with E-state index in [1.807, 2.05) is 48.5 Å². The Morgan fingerprint density at radius 2 is 1.91 bits per heavy atom. The summed E-state index contributed by atoms with van der Waals surface area (Å²) in [5.41, 5.74) is 5.42. The van der Waals surface area contributed by atoms with E-state index in [2.05, 4.69) is 10.5 Å². The average Bonchev–Trinajstić information content (AvgIpc) is 3.04. The van der Waals surface area contributed by atoms with Gasteiger partial charge in [0.05, 0.1) is 17.3 Å². The van der Waals surface area contributed by atoms with Gasteiger partial charge in [-0.15, -0.1) is 0 Å². The second kappa shape index (κ2) is 5.56. The molecule has 0 unspecified atom stereocenters. The van der Waals surface area contributed by atoms with Crippen LogP contribution in [0.3, 0.4) is 0 Å². The summed E-state index contributed by atoms with van der Waals surface area (Å²) in [6.07, 6.45) is 0.590. The number of nitrogens with zero attached hydrogens (tertiary/aromatic N) is 1. The van der Waals surface area contributed by atoms with E-state index in [-0.39, 0.29) is 11.7 Å². The minimum atomic E-state index is -0.371. The minimum Gasteiger partial charge on any atom is -0.422 e. The SMILES string of the molecule is O=c1oc2ccccc2cc1C1=NN[C@H](c2ccccc2Cl)C1. The first-order chi connectivity index (χ1) is 11.2. The third-order valence-electron chi connectivity index (χ3n) is 3.99. The topological polar surface area (TPSA) is 54.6 Å². The van der Waals surface area contributed by atoms with Gasteiger partial charge in [0.1, 0.15) is 5.58 Å². The summed E-state index contributed by atoms with van der Waals surface area (Å²) < 4.78 is 5.38. The van der Waals surface area contributed by atoms with Crippen molar-refractivity contribution < 1.29 is 4.42 Å². The maximum atomic E-state index is 12.2. The molecule has 1 aliphatic heterocycles. The van der Waals surface area contributed by atoms with Crippen LogP contribution in [0.4, 0.5) is 0 Å². The molecule has 0 spiro atoms. The van der Waals surface area contributed by atoms with Gasteiger partial charge in [0.15, 0.2) is 0 Å². The third-order valence-corrected chi connectivity index (χ3v) is 4.33. The molecular weight excluding hydrogens is 312 g/mol. The second-order valence-corrected chi connectivity index (χ2v) is 5.86. The van der Waals surface area contributed by atoms with E-state index in [9.17, 15) is 4.79 Å². The van der Waals surface area contributed by atoms with Gasteiger partial charge in [0, 0.05) is 16.8 Å². The number of para-hydroxylation sites is 1. The molecule has 23 heavy (non-hydrogen) atoms. The van der Waals surface area contributed by atoms with Crippen LogP contribution in [0, 0.1) is 0 Å². The zero-order valence-corrected chi connectivity index (χ0v) is 12.9. The average molecular weight is 325 g/mol. The highest BCUT2D eigenvalue weighted by Gasteiger charge is 2.25. The maximum absolute atomic E-state index is 12.2. The van der Waals surface area contributed by atoms with E-state index in [1.165, 1.54) is 0 Å². The Balaban J connectivity index is 1.69. The molecule has 4 nitrogen and oxygen atoms in total. The number of benzene rings is 2.